The first-order chi connectivity index (χ1) is 14.7. The van der Waals surface area contributed by atoms with E-state index in [4.69, 9.17) is 14.5 Å². The number of rotatable bonds is 14. The van der Waals surface area contributed by atoms with Crippen LogP contribution in [-0.2, 0) is 16.0 Å². The number of aromatic nitrogens is 1. The third-order valence-corrected chi connectivity index (χ3v) is 5.99. The van der Waals surface area contributed by atoms with Gasteiger partial charge in [-0.25, -0.2) is 4.98 Å². The van der Waals surface area contributed by atoms with Crippen LogP contribution >= 0.6 is 35.3 Å². The lowest BCUT2D eigenvalue weighted by molar-refractivity contribution is 0.0487. The highest BCUT2D eigenvalue weighted by Gasteiger charge is 2.19. The molecule has 0 unspecified atom stereocenters. The Morgan fingerprint density at radius 2 is 1.90 bits per heavy atom. The van der Waals surface area contributed by atoms with Gasteiger partial charge < -0.3 is 20.1 Å². The summed E-state index contributed by atoms with van der Waals surface area (Å²) in [6, 6.07) is 0. The number of likely N-dealkylation sites (tertiary alicyclic amines) is 1. The number of ether oxygens (including phenoxy) is 2. The van der Waals surface area contributed by atoms with Crippen molar-refractivity contribution in [2.75, 3.05) is 59.2 Å². The maximum atomic E-state index is 5.62. The van der Waals surface area contributed by atoms with Crippen LogP contribution in [0.15, 0.2) is 10.4 Å². The summed E-state index contributed by atoms with van der Waals surface area (Å²) in [4.78, 5) is 11.9. The predicted molar refractivity (Wildman–Crippen MR) is 141 cm³/mol. The minimum absolute atomic E-state index is 0. The van der Waals surface area contributed by atoms with Gasteiger partial charge in [0.05, 0.1) is 30.5 Å². The molecule has 7 nitrogen and oxygen atoms in total. The molecule has 0 spiro atoms. The average molecular weight is 568 g/mol. The SMILES string of the molecule is CCCCOCCOCCNC(=NCC1CCN(Cc2csc(C)n2)CC1)NCC.I. The van der Waals surface area contributed by atoms with Crippen molar-refractivity contribution in [3.63, 3.8) is 0 Å². The van der Waals surface area contributed by atoms with E-state index >= 15 is 0 Å². The van der Waals surface area contributed by atoms with Crippen LogP contribution in [0.5, 0.6) is 0 Å². The molecule has 0 saturated carbocycles. The molecule has 0 aliphatic carbocycles. The van der Waals surface area contributed by atoms with E-state index in [2.05, 4.69) is 46.7 Å². The molecular formula is C22H42IN5O2S. The topological polar surface area (TPSA) is 71.0 Å². The Bertz CT molecular complexity index is 594. The molecule has 1 aliphatic rings. The van der Waals surface area contributed by atoms with Gasteiger partial charge in [0.25, 0.3) is 0 Å². The summed E-state index contributed by atoms with van der Waals surface area (Å²) in [7, 11) is 0. The predicted octanol–water partition coefficient (Wildman–Crippen LogP) is 3.67. The van der Waals surface area contributed by atoms with Gasteiger partial charge in [-0.3, -0.25) is 9.89 Å². The number of piperidine rings is 1. The lowest BCUT2D eigenvalue weighted by atomic mass is 9.97. The first-order valence-electron chi connectivity index (χ1n) is 11.5. The van der Waals surface area contributed by atoms with Crippen molar-refractivity contribution in [2.45, 2.75) is 53.0 Å². The Morgan fingerprint density at radius 3 is 2.55 bits per heavy atom. The summed E-state index contributed by atoms with van der Waals surface area (Å²) in [6.07, 6.45) is 4.69. The van der Waals surface area contributed by atoms with Crippen molar-refractivity contribution >= 4 is 41.3 Å². The number of thiazole rings is 1. The van der Waals surface area contributed by atoms with Crippen LogP contribution in [0, 0.1) is 12.8 Å². The first-order valence-corrected chi connectivity index (χ1v) is 12.4. The molecule has 0 radical (unpaired) electrons. The molecule has 1 fully saturated rings. The van der Waals surface area contributed by atoms with Crippen LogP contribution in [0.1, 0.15) is 50.2 Å². The van der Waals surface area contributed by atoms with E-state index in [1.807, 2.05) is 0 Å². The molecule has 0 aromatic carbocycles. The van der Waals surface area contributed by atoms with Gasteiger partial charge in [-0.15, -0.1) is 35.3 Å². The Hall–Kier alpha value is -0.490. The highest BCUT2D eigenvalue weighted by atomic mass is 127. The number of unbranched alkanes of at least 4 members (excludes halogenated alkanes) is 1. The molecule has 1 aromatic rings. The van der Waals surface area contributed by atoms with Crippen LogP contribution < -0.4 is 10.6 Å². The third kappa shape index (κ3) is 13.0. The highest BCUT2D eigenvalue weighted by Crippen LogP contribution is 2.20. The van der Waals surface area contributed by atoms with Crippen LogP contribution in [0.4, 0.5) is 0 Å². The van der Waals surface area contributed by atoms with E-state index in [1.54, 1.807) is 11.3 Å². The average Bonchev–Trinajstić information content (AvgIpc) is 3.16. The second kappa shape index (κ2) is 18.0. The zero-order valence-corrected chi connectivity index (χ0v) is 22.7. The summed E-state index contributed by atoms with van der Waals surface area (Å²) >= 11 is 1.74. The fourth-order valence-electron chi connectivity index (χ4n) is 3.41. The molecular weight excluding hydrogens is 525 g/mol. The molecule has 1 aliphatic heterocycles. The number of aryl methyl sites for hydroxylation is 1. The highest BCUT2D eigenvalue weighted by molar-refractivity contribution is 14.0. The quantitative estimate of drug-likeness (QED) is 0.155. The number of aliphatic imine (C=N–C) groups is 1. The fourth-order valence-corrected chi connectivity index (χ4v) is 4.01. The molecule has 2 rings (SSSR count). The summed E-state index contributed by atoms with van der Waals surface area (Å²) in [5, 5.41) is 10.0. The standard InChI is InChI=1S/C22H41N5O2S.HI/c1-4-6-12-28-14-15-29-13-9-24-22(23-5-2)25-16-20-7-10-27(11-8-20)17-21-18-30-19(3)26-21;/h18,20H,4-17H2,1-3H3,(H2,23,24,25);1H. The van der Waals surface area contributed by atoms with Crippen molar-refractivity contribution in [1.82, 2.24) is 20.5 Å². The number of nitrogens with one attached hydrogen (secondary N) is 2. The Kier molecular flexibility index (Phi) is 16.6. The van der Waals surface area contributed by atoms with Gasteiger partial charge >= 0.3 is 0 Å². The van der Waals surface area contributed by atoms with E-state index in [0.29, 0.717) is 25.7 Å². The van der Waals surface area contributed by atoms with E-state index in [9.17, 15) is 0 Å². The lowest BCUT2D eigenvalue weighted by Crippen LogP contribution is -2.40. The maximum Gasteiger partial charge on any atom is 0.191 e. The molecule has 2 N–H and O–H groups in total. The number of hydrogen-bond acceptors (Lipinski definition) is 6. The second-order valence-electron chi connectivity index (χ2n) is 7.80. The molecule has 1 aromatic heterocycles. The smallest absolute Gasteiger partial charge is 0.191 e. The first kappa shape index (κ1) is 28.5. The zero-order chi connectivity index (χ0) is 21.4. The van der Waals surface area contributed by atoms with E-state index in [1.165, 1.54) is 25.0 Å². The molecule has 31 heavy (non-hydrogen) atoms. The summed E-state index contributed by atoms with van der Waals surface area (Å²) in [5.41, 5.74) is 1.21. The molecule has 1 saturated heterocycles. The third-order valence-electron chi connectivity index (χ3n) is 5.16. The van der Waals surface area contributed by atoms with Gasteiger partial charge in [-0.2, -0.15) is 0 Å². The van der Waals surface area contributed by atoms with Gasteiger partial charge in [0, 0.05) is 38.2 Å². The van der Waals surface area contributed by atoms with Crippen LogP contribution in [-0.4, -0.2) is 75.0 Å². The van der Waals surface area contributed by atoms with Crippen LogP contribution in [0.2, 0.25) is 0 Å². The molecule has 0 bridgehead atoms. The second-order valence-corrected chi connectivity index (χ2v) is 8.86. The van der Waals surface area contributed by atoms with Crippen molar-refractivity contribution in [2.24, 2.45) is 10.9 Å². The van der Waals surface area contributed by atoms with Crippen molar-refractivity contribution in [3.05, 3.63) is 16.1 Å². The zero-order valence-electron chi connectivity index (χ0n) is 19.5. The Morgan fingerprint density at radius 1 is 1.16 bits per heavy atom. The molecule has 0 atom stereocenters. The number of halogens is 1. The van der Waals surface area contributed by atoms with Crippen molar-refractivity contribution in [3.8, 4) is 0 Å². The summed E-state index contributed by atoms with van der Waals surface area (Å²) in [5.74, 6) is 1.55. The number of guanidine groups is 1. The number of nitrogens with zero attached hydrogens (tertiary/aromatic N) is 3. The number of hydrogen-bond donors (Lipinski definition) is 2. The monoisotopic (exact) mass is 567 g/mol. The lowest BCUT2D eigenvalue weighted by Gasteiger charge is -2.30. The van der Waals surface area contributed by atoms with Crippen molar-refractivity contribution in [1.29, 1.82) is 0 Å². The van der Waals surface area contributed by atoms with Crippen molar-refractivity contribution < 1.29 is 9.47 Å². The molecule has 9 heteroatoms. The van der Waals surface area contributed by atoms with Crippen LogP contribution in [0.3, 0.4) is 0 Å². The van der Waals surface area contributed by atoms with Crippen LogP contribution in [0.25, 0.3) is 0 Å². The molecule has 180 valence electrons. The summed E-state index contributed by atoms with van der Waals surface area (Å²) < 4.78 is 11.1. The normalized spacial score (nSPS) is 15.6. The Labute approximate surface area is 209 Å². The van der Waals surface area contributed by atoms with Gasteiger partial charge in [-0.05, 0) is 52.1 Å². The summed E-state index contributed by atoms with van der Waals surface area (Å²) in [6.45, 7) is 14.9. The minimum atomic E-state index is 0. The van der Waals surface area contributed by atoms with Gasteiger partial charge in [0.2, 0.25) is 0 Å². The van der Waals surface area contributed by atoms with E-state index < -0.39 is 0 Å². The van der Waals surface area contributed by atoms with Gasteiger partial charge in [-0.1, -0.05) is 13.3 Å². The Balaban J connectivity index is 0.00000480. The largest absolute Gasteiger partial charge is 0.379 e. The fraction of sp³-hybridized carbons (Fsp3) is 0.818. The minimum Gasteiger partial charge on any atom is -0.379 e. The van der Waals surface area contributed by atoms with Gasteiger partial charge in [0.15, 0.2) is 5.96 Å². The maximum absolute atomic E-state index is 5.62. The molecule has 2 heterocycles. The van der Waals surface area contributed by atoms with Gasteiger partial charge in [0.1, 0.15) is 0 Å². The van der Waals surface area contributed by atoms with E-state index in [0.717, 1.165) is 63.3 Å². The van der Waals surface area contributed by atoms with E-state index in [-0.39, 0.29) is 24.0 Å². The molecule has 0 amide bonds.